The lowest BCUT2D eigenvalue weighted by atomic mass is 10.2. The first kappa shape index (κ1) is 11.4. The Hall–Kier alpha value is -1.13. The van der Waals surface area contributed by atoms with Crippen molar-refractivity contribution in [3.63, 3.8) is 0 Å². The molecule has 0 spiro atoms. The molecule has 1 atom stereocenters. The highest BCUT2D eigenvalue weighted by Gasteiger charge is 2.19. The topological polar surface area (TPSA) is 46.3 Å². The summed E-state index contributed by atoms with van der Waals surface area (Å²) < 4.78 is 5.50. The van der Waals surface area contributed by atoms with Gasteiger partial charge in [-0.1, -0.05) is 0 Å². The molecule has 0 amide bonds. The van der Waals surface area contributed by atoms with Crippen LogP contribution in [0.5, 0.6) is 0 Å². The average Bonchev–Trinajstić information content (AvgIpc) is 2.72. The molecule has 1 unspecified atom stereocenters. The number of aromatic nitrogens is 1. The number of hydrogen-bond acceptors (Lipinski definition) is 4. The summed E-state index contributed by atoms with van der Waals surface area (Å²) in [5, 5.41) is 10.8. The highest BCUT2D eigenvalue weighted by Crippen LogP contribution is 2.29. The zero-order valence-corrected chi connectivity index (χ0v) is 10.7. The van der Waals surface area contributed by atoms with E-state index in [9.17, 15) is 5.11 Å². The third-order valence-corrected chi connectivity index (χ3v) is 3.86. The van der Waals surface area contributed by atoms with Crippen molar-refractivity contribution in [1.82, 2.24) is 4.98 Å². The lowest BCUT2D eigenvalue weighted by Gasteiger charge is -2.02. The van der Waals surface area contributed by atoms with Gasteiger partial charge in [0.05, 0.1) is 5.69 Å². The molecule has 0 saturated carbocycles. The molecular weight excluding hydrogens is 222 g/mol. The van der Waals surface area contributed by atoms with Gasteiger partial charge in [0.15, 0.2) is 6.10 Å². The van der Waals surface area contributed by atoms with Crippen LogP contribution >= 0.6 is 11.3 Å². The molecule has 0 aliphatic carbocycles. The van der Waals surface area contributed by atoms with Crippen molar-refractivity contribution in [2.45, 2.75) is 33.8 Å². The van der Waals surface area contributed by atoms with Crippen LogP contribution in [0.3, 0.4) is 0 Å². The van der Waals surface area contributed by atoms with Crippen molar-refractivity contribution in [2.75, 3.05) is 0 Å². The van der Waals surface area contributed by atoms with Gasteiger partial charge in [0.2, 0.25) is 0 Å². The first-order chi connectivity index (χ1) is 7.49. The zero-order chi connectivity index (χ0) is 11.9. The molecule has 0 bridgehead atoms. The third kappa shape index (κ3) is 1.90. The lowest BCUT2D eigenvalue weighted by Crippen LogP contribution is -1.97. The van der Waals surface area contributed by atoms with Crippen LogP contribution in [0.1, 0.15) is 38.8 Å². The zero-order valence-electron chi connectivity index (χ0n) is 9.87. The van der Waals surface area contributed by atoms with Crippen molar-refractivity contribution in [3.8, 4) is 0 Å². The Morgan fingerprint density at radius 1 is 1.31 bits per heavy atom. The minimum atomic E-state index is -0.746. The summed E-state index contributed by atoms with van der Waals surface area (Å²) in [6.07, 6.45) is -0.746. The molecule has 0 aromatic carbocycles. The summed E-state index contributed by atoms with van der Waals surface area (Å²) in [5.41, 5.74) is 2.03. The summed E-state index contributed by atoms with van der Waals surface area (Å²) in [4.78, 5) is 5.47. The molecule has 0 aliphatic heterocycles. The number of aliphatic hydroxyl groups is 1. The van der Waals surface area contributed by atoms with E-state index >= 15 is 0 Å². The van der Waals surface area contributed by atoms with Crippen molar-refractivity contribution < 1.29 is 9.52 Å². The predicted octanol–water partition coefficient (Wildman–Crippen LogP) is 3.05. The van der Waals surface area contributed by atoms with E-state index in [1.165, 1.54) is 11.3 Å². The molecule has 0 radical (unpaired) electrons. The van der Waals surface area contributed by atoms with E-state index in [-0.39, 0.29) is 0 Å². The van der Waals surface area contributed by atoms with Gasteiger partial charge < -0.3 is 9.52 Å². The van der Waals surface area contributed by atoms with E-state index in [2.05, 4.69) is 4.98 Å². The Morgan fingerprint density at radius 2 is 2.00 bits per heavy atom. The summed E-state index contributed by atoms with van der Waals surface area (Å²) in [6, 6.07) is 1.87. The second-order valence-corrected chi connectivity index (χ2v) is 5.22. The fourth-order valence-electron chi connectivity index (χ4n) is 1.47. The van der Waals surface area contributed by atoms with Crippen molar-refractivity contribution in [1.29, 1.82) is 0 Å². The largest absolute Gasteiger partial charge is 0.463 e. The molecule has 2 aromatic rings. The van der Waals surface area contributed by atoms with Crippen LogP contribution in [0, 0.1) is 27.7 Å². The van der Waals surface area contributed by atoms with Gasteiger partial charge in [0.1, 0.15) is 16.5 Å². The van der Waals surface area contributed by atoms with Crippen LogP contribution in [-0.4, -0.2) is 10.1 Å². The number of aryl methyl sites for hydroxylation is 4. The highest BCUT2D eigenvalue weighted by molar-refractivity contribution is 7.11. The number of aliphatic hydroxyl groups excluding tert-OH is 1. The van der Waals surface area contributed by atoms with E-state index in [1.807, 2.05) is 33.8 Å². The maximum Gasteiger partial charge on any atom is 0.163 e. The number of thiazole rings is 1. The molecule has 0 saturated heterocycles. The Bertz CT molecular complexity index is 428. The first-order valence-electron chi connectivity index (χ1n) is 5.18. The molecule has 2 rings (SSSR count). The second-order valence-electron chi connectivity index (χ2n) is 3.98. The van der Waals surface area contributed by atoms with Crippen LogP contribution in [0.25, 0.3) is 0 Å². The van der Waals surface area contributed by atoms with Gasteiger partial charge >= 0.3 is 0 Å². The van der Waals surface area contributed by atoms with Gasteiger partial charge in [-0.05, 0) is 39.3 Å². The van der Waals surface area contributed by atoms with E-state index in [0.29, 0.717) is 10.8 Å². The molecule has 0 fully saturated rings. The van der Waals surface area contributed by atoms with Gasteiger partial charge in [-0.25, -0.2) is 4.98 Å². The van der Waals surface area contributed by atoms with Gasteiger partial charge in [-0.15, -0.1) is 11.3 Å². The van der Waals surface area contributed by atoms with Gasteiger partial charge in [-0.2, -0.15) is 0 Å². The smallest absolute Gasteiger partial charge is 0.163 e. The molecule has 3 nitrogen and oxygen atoms in total. The number of furan rings is 1. The third-order valence-electron chi connectivity index (χ3n) is 2.73. The van der Waals surface area contributed by atoms with Crippen LogP contribution in [0.15, 0.2) is 10.5 Å². The van der Waals surface area contributed by atoms with E-state index in [4.69, 9.17) is 4.42 Å². The van der Waals surface area contributed by atoms with Crippen LogP contribution in [0.2, 0.25) is 0 Å². The minimum absolute atomic E-state index is 0.573. The Labute approximate surface area is 98.8 Å². The predicted molar refractivity (Wildman–Crippen MR) is 63.8 cm³/mol. The Morgan fingerprint density at radius 3 is 2.44 bits per heavy atom. The van der Waals surface area contributed by atoms with Gasteiger partial charge in [0, 0.05) is 4.88 Å². The molecule has 2 aromatic heterocycles. The maximum atomic E-state index is 10.1. The van der Waals surface area contributed by atoms with E-state index in [0.717, 1.165) is 21.9 Å². The van der Waals surface area contributed by atoms with Crippen LogP contribution in [-0.2, 0) is 0 Å². The standard InChI is InChI=1S/C12H15NO2S/c1-6-5-10(15-8(6)3)11(14)12-13-7(2)9(4)16-12/h5,11,14H,1-4H3. The van der Waals surface area contributed by atoms with Gasteiger partial charge in [-0.3, -0.25) is 0 Å². The molecule has 1 N–H and O–H groups in total. The van der Waals surface area contributed by atoms with Crippen molar-refractivity contribution >= 4 is 11.3 Å². The number of rotatable bonds is 2. The number of nitrogens with zero attached hydrogens (tertiary/aromatic N) is 1. The van der Waals surface area contributed by atoms with Crippen LogP contribution < -0.4 is 0 Å². The summed E-state index contributed by atoms with van der Waals surface area (Å²) in [6.45, 7) is 7.81. The molecule has 0 aliphatic rings. The molecule has 2 heterocycles. The Balaban J connectivity index is 2.34. The summed E-state index contributed by atoms with van der Waals surface area (Å²) in [7, 11) is 0. The fraction of sp³-hybridized carbons (Fsp3) is 0.417. The molecule has 4 heteroatoms. The normalized spacial score (nSPS) is 13.1. The maximum absolute atomic E-state index is 10.1. The number of hydrogen-bond donors (Lipinski definition) is 1. The quantitative estimate of drug-likeness (QED) is 0.873. The monoisotopic (exact) mass is 237 g/mol. The SMILES string of the molecule is Cc1cc(C(O)c2nc(C)c(C)s2)oc1C. The first-order valence-corrected chi connectivity index (χ1v) is 5.99. The van der Waals surface area contributed by atoms with Crippen molar-refractivity contribution in [2.24, 2.45) is 0 Å². The van der Waals surface area contributed by atoms with E-state index in [1.54, 1.807) is 0 Å². The molecular formula is C12H15NO2S. The molecule has 16 heavy (non-hydrogen) atoms. The average molecular weight is 237 g/mol. The second kappa shape index (κ2) is 4.03. The molecule has 86 valence electrons. The Kier molecular flexibility index (Phi) is 2.86. The highest BCUT2D eigenvalue weighted by atomic mass is 32.1. The lowest BCUT2D eigenvalue weighted by molar-refractivity contribution is 0.187. The van der Waals surface area contributed by atoms with E-state index < -0.39 is 6.10 Å². The fourth-order valence-corrected chi connectivity index (χ4v) is 2.39. The minimum Gasteiger partial charge on any atom is -0.463 e. The van der Waals surface area contributed by atoms with Crippen molar-refractivity contribution in [3.05, 3.63) is 38.7 Å². The van der Waals surface area contributed by atoms with Gasteiger partial charge in [0.25, 0.3) is 0 Å². The summed E-state index contributed by atoms with van der Waals surface area (Å²) >= 11 is 1.51. The van der Waals surface area contributed by atoms with Crippen LogP contribution in [0.4, 0.5) is 0 Å². The summed E-state index contributed by atoms with van der Waals surface area (Å²) in [5.74, 6) is 1.42.